The van der Waals surface area contributed by atoms with Crippen LogP contribution in [0.1, 0.15) is 16.1 Å². The average Bonchev–Trinajstić information content (AvgIpc) is 3.10. The first-order chi connectivity index (χ1) is 9.33. The number of halogens is 2. The van der Waals surface area contributed by atoms with Gasteiger partial charge in [-0.25, -0.2) is 4.98 Å². The van der Waals surface area contributed by atoms with Crippen molar-refractivity contribution in [3.63, 3.8) is 0 Å². The van der Waals surface area contributed by atoms with Crippen molar-refractivity contribution in [2.75, 3.05) is 13.1 Å². The number of rotatable bonds is 3. The summed E-state index contributed by atoms with van der Waals surface area (Å²) >= 11 is 1.37. The molecule has 0 aliphatic carbocycles. The van der Waals surface area contributed by atoms with Crippen LogP contribution in [0.2, 0.25) is 0 Å². The summed E-state index contributed by atoms with van der Waals surface area (Å²) < 4.78 is 0. The highest BCUT2D eigenvalue weighted by molar-refractivity contribution is 7.16. The van der Waals surface area contributed by atoms with Gasteiger partial charge in [0.05, 0.1) is 11.9 Å². The Bertz CT molecular complexity index is 573. The van der Waals surface area contributed by atoms with Crippen LogP contribution in [0.5, 0.6) is 0 Å². The number of aromatic nitrogens is 2. The van der Waals surface area contributed by atoms with E-state index in [9.17, 15) is 4.79 Å². The van der Waals surface area contributed by atoms with Gasteiger partial charge in [-0.15, -0.1) is 36.2 Å². The fourth-order valence-corrected chi connectivity index (χ4v) is 2.82. The third kappa shape index (κ3) is 4.38. The summed E-state index contributed by atoms with van der Waals surface area (Å²) in [6, 6.07) is 5.89. The van der Waals surface area contributed by atoms with E-state index >= 15 is 0 Å². The molecule has 1 amide bonds. The number of carbonyl (C=O) groups excluding carboxylic acids is 1. The maximum absolute atomic E-state index is 12.1. The number of nitrogens with zero attached hydrogens (tertiary/aromatic N) is 2. The standard InChI is InChI=1S/C13H14N4OS.2ClH/c18-12(17-9-4-6-14-7-9)11-8-16-13(19-11)10-3-1-2-5-15-10;;/h1-3,5,8-9,14H,4,6-7H2,(H,17,18);2*1H. The smallest absolute Gasteiger partial charge is 0.263 e. The normalized spacial score (nSPS) is 16.7. The number of nitrogens with one attached hydrogen (secondary N) is 2. The Labute approximate surface area is 139 Å². The molecular formula is C13H16Cl2N4OS. The lowest BCUT2D eigenvalue weighted by atomic mass is 10.2. The van der Waals surface area contributed by atoms with Gasteiger partial charge in [0.2, 0.25) is 0 Å². The summed E-state index contributed by atoms with van der Waals surface area (Å²) in [4.78, 5) is 21.2. The van der Waals surface area contributed by atoms with Crippen LogP contribution in [-0.4, -0.2) is 35.0 Å². The maximum atomic E-state index is 12.1. The van der Waals surface area contributed by atoms with Crippen molar-refractivity contribution in [2.24, 2.45) is 0 Å². The second kappa shape index (κ2) is 8.29. The van der Waals surface area contributed by atoms with Crippen molar-refractivity contribution in [1.82, 2.24) is 20.6 Å². The Morgan fingerprint density at radius 2 is 2.19 bits per heavy atom. The van der Waals surface area contributed by atoms with Gasteiger partial charge in [0.1, 0.15) is 9.88 Å². The van der Waals surface area contributed by atoms with E-state index in [1.807, 2.05) is 18.2 Å². The quantitative estimate of drug-likeness (QED) is 0.893. The molecule has 3 heterocycles. The highest BCUT2D eigenvalue weighted by atomic mass is 35.5. The fraction of sp³-hybridized carbons (Fsp3) is 0.308. The Balaban J connectivity index is 0.00000110. The Kier molecular flexibility index (Phi) is 7.04. The van der Waals surface area contributed by atoms with Crippen LogP contribution >= 0.6 is 36.2 Å². The minimum atomic E-state index is -0.0478. The van der Waals surface area contributed by atoms with E-state index < -0.39 is 0 Å². The van der Waals surface area contributed by atoms with E-state index in [0.717, 1.165) is 30.2 Å². The van der Waals surface area contributed by atoms with Crippen molar-refractivity contribution in [3.8, 4) is 10.7 Å². The zero-order valence-electron chi connectivity index (χ0n) is 11.1. The van der Waals surface area contributed by atoms with Gasteiger partial charge in [0.25, 0.3) is 5.91 Å². The van der Waals surface area contributed by atoms with E-state index in [-0.39, 0.29) is 36.8 Å². The summed E-state index contributed by atoms with van der Waals surface area (Å²) in [6.45, 7) is 1.81. The molecule has 2 aromatic heterocycles. The minimum absolute atomic E-state index is 0. The zero-order valence-corrected chi connectivity index (χ0v) is 13.6. The third-order valence-corrected chi connectivity index (χ3v) is 4.03. The molecule has 0 saturated carbocycles. The van der Waals surface area contributed by atoms with Gasteiger partial charge in [-0.2, -0.15) is 0 Å². The van der Waals surface area contributed by atoms with Gasteiger partial charge in [0, 0.05) is 18.8 Å². The second-order valence-corrected chi connectivity index (χ2v) is 5.44. The first kappa shape index (κ1) is 17.8. The second-order valence-electron chi connectivity index (χ2n) is 4.41. The lowest BCUT2D eigenvalue weighted by Gasteiger charge is -2.09. The summed E-state index contributed by atoms with van der Waals surface area (Å²) in [5, 5.41) is 7.01. The third-order valence-electron chi connectivity index (χ3n) is 3.01. The Morgan fingerprint density at radius 3 is 2.86 bits per heavy atom. The van der Waals surface area contributed by atoms with Gasteiger partial charge >= 0.3 is 0 Å². The summed E-state index contributed by atoms with van der Waals surface area (Å²) in [5.41, 5.74) is 0.800. The lowest BCUT2D eigenvalue weighted by molar-refractivity contribution is 0.0944. The number of carbonyl (C=O) groups is 1. The van der Waals surface area contributed by atoms with Gasteiger partial charge in [-0.1, -0.05) is 6.07 Å². The Morgan fingerprint density at radius 1 is 1.33 bits per heavy atom. The Hall–Kier alpha value is -1.21. The van der Waals surface area contributed by atoms with Gasteiger partial charge in [-0.3, -0.25) is 9.78 Å². The van der Waals surface area contributed by atoms with Gasteiger partial charge in [-0.05, 0) is 25.1 Å². The molecule has 0 spiro atoms. The molecule has 1 atom stereocenters. The summed E-state index contributed by atoms with van der Waals surface area (Å²) in [6.07, 6.45) is 4.32. The highest BCUT2D eigenvalue weighted by Gasteiger charge is 2.19. The van der Waals surface area contributed by atoms with Crippen molar-refractivity contribution in [2.45, 2.75) is 12.5 Å². The van der Waals surface area contributed by atoms with Crippen LogP contribution in [0.15, 0.2) is 30.6 Å². The molecule has 5 nitrogen and oxygen atoms in total. The molecule has 0 bridgehead atoms. The van der Waals surface area contributed by atoms with Gasteiger partial charge < -0.3 is 10.6 Å². The molecule has 2 aromatic rings. The molecule has 0 radical (unpaired) electrons. The number of hydrogen-bond donors (Lipinski definition) is 2. The van der Waals surface area contributed by atoms with Crippen molar-refractivity contribution in [1.29, 1.82) is 0 Å². The number of hydrogen-bond acceptors (Lipinski definition) is 5. The van der Waals surface area contributed by atoms with Crippen LogP contribution in [0.25, 0.3) is 10.7 Å². The van der Waals surface area contributed by atoms with Crippen LogP contribution < -0.4 is 10.6 Å². The molecule has 1 aliphatic rings. The minimum Gasteiger partial charge on any atom is -0.347 e. The molecule has 3 rings (SSSR count). The molecule has 1 fully saturated rings. The summed E-state index contributed by atoms with van der Waals surface area (Å²) in [7, 11) is 0. The molecule has 8 heteroatoms. The predicted octanol–water partition coefficient (Wildman–Crippen LogP) is 2.14. The molecule has 1 aliphatic heterocycles. The zero-order chi connectivity index (χ0) is 13.1. The van der Waals surface area contributed by atoms with E-state index in [1.54, 1.807) is 12.4 Å². The highest BCUT2D eigenvalue weighted by Crippen LogP contribution is 2.23. The molecule has 0 aromatic carbocycles. The summed E-state index contributed by atoms with van der Waals surface area (Å²) in [5.74, 6) is -0.0478. The molecule has 1 unspecified atom stereocenters. The number of pyridine rings is 1. The van der Waals surface area contributed by atoms with Crippen LogP contribution in [0, 0.1) is 0 Å². The average molecular weight is 347 g/mol. The SMILES string of the molecule is Cl.Cl.O=C(NC1CCNC1)c1cnc(-c2ccccn2)s1. The first-order valence-corrected chi connectivity index (χ1v) is 7.03. The molecule has 114 valence electrons. The molecule has 2 N–H and O–H groups in total. The van der Waals surface area contributed by atoms with E-state index in [2.05, 4.69) is 20.6 Å². The van der Waals surface area contributed by atoms with Crippen molar-refractivity contribution >= 4 is 42.1 Å². The predicted molar refractivity (Wildman–Crippen MR) is 88.6 cm³/mol. The largest absolute Gasteiger partial charge is 0.347 e. The van der Waals surface area contributed by atoms with E-state index in [0.29, 0.717) is 4.88 Å². The van der Waals surface area contributed by atoms with Crippen LogP contribution in [0.4, 0.5) is 0 Å². The van der Waals surface area contributed by atoms with Crippen LogP contribution in [-0.2, 0) is 0 Å². The monoisotopic (exact) mass is 346 g/mol. The maximum Gasteiger partial charge on any atom is 0.263 e. The van der Waals surface area contributed by atoms with E-state index in [1.165, 1.54) is 11.3 Å². The molecular weight excluding hydrogens is 331 g/mol. The number of thiazole rings is 1. The van der Waals surface area contributed by atoms with Gasteiger partial charge in [0.15, 0.2) is 0 Å². The topological polar surface area (TPSA) is 66.9 Å². The lowest BCUT2D eigenvalue weighted by Crippen LogP contribution is -2.35. The van der Waals surface area contributed by atoms with Crippen LogP contribution in [0.3, 0.4) is 0 Å². The van der Waals surface area contributed by atoms with Crippen molar-refractivity contribution < 1.29 is 4.79 Å². The van der Waals surface area contributed by atoms with E-state index in [4.69, 9.17) is 0 Å². The van der Waals surface area contributed by atoms with Crippen molar-refractivity contribution in [3.05, 3.63) is 35.5 Å². The first-order valence-electron chi connectivity index (χ1n) is 6.22. The molecule has 1 saturated heterocycles. The fourth-order valence-electron chi connectivity index (χ4n) is 2.02. The molecule has 21 heavy (non-hydrogen) atoms. The number of amides is 1.